The van der Waals surface area contributed by atoms with Crippen LogP contribution < -0.4 is 5.73 Å². The predicted molar refractivity (Wildman–Crippen MR) is 78.7 cm³/mol. The Kier molecular flexibility index (Phi) is 3.90. The molecule has 0 spiro atoms. The molecule has 1 aliphatic carbocycles. The lowest BCUT2D eigenvalue weighted by molar-refractivity contribution is 0.406. The van der Waals surface area contributed by atoms with Crippen molar-refractivity contribution >= 4 is 5.69 Å². The number of nitrogen functional groups attached to an aromatic ring is 1. The summed E-state index contributed by atoms with van der Waals surface area (Å²) in [6, 6.07) is 4.07. The van der Waals surface area contributed by atoms with Gasteiger partial charge in [-0.05, 0) is 25.0 Å². The van der Waals surface area contributed by atoms with Gasteiger partial charge in [-0.2, -0.15) is 5.10 Å². The predicted octanol–water partition coefficient (Wildman–Crippen LogP) is 4.31. The molecule has 1 heterocycles. The van der Waals surface area contributed by atoms with E-state index in [0.717, 1.165) is 25.7 Å². The Morgan fingerprint density at radius 1 is 1.05 bits per heavy atom. The van der Waals surface area contributed by atoms with Crippen LogP contribution in [0.2, 0.25) is 0 Å². The summed E-state index contributed by atoms with van der Waals surface area (Å²) >= 11 is 0. The van der Waals surface area contributed by atoms with E-state index in [2.05, 4.69) is 5.10 Å². The summed E-state index contributed by atoms with van der Waals surface area (Å²) in [7, 11) is 0. The van der Waals surface area contributed by atoms with Gasteiger partial charge in [-0.3, -0.25) is 4.68 Å². The van der Waals surface area contributed by atoms with Crippen molar-refractivity contribution in [2.24, 2.45) is 0 Å². The van der Waals surface area contributed by atoms with Crippen LogP contribution in [0.25, 0.3) is 11.3 Å². The van der Waals surface area contributed by atoms with E-state index in [9.17, 15) is 8.78 Å². The van der Waals surface area contributed by atoms with E-state index in [-0.39, 0.29) is 17.3 Å². The normalized spacial score (nSPS) is 16.9. The van der Waals surface area contributed by atoms with Crippen molar-refractivity contribution in [2.75, 3.05) is 5.73 Å². The van der Waals surface area contributed by atoms with Crippen molar-refractivity contribution in [3.05, 3.63) is 36.0 Å². The van der Waals surface area contributed by atoms with E-state index in [1.54, 1.807) is 10.9 Å². The highest BCUT2D eigenvalue weighted by Crippen LogP contribution is 2.33. The van der Waals surface area contributed by atoms with Gasteiger partial charge in [0.2, 0.25) is 0 Å². The van der Waals surface area contributed by atoms with Crippen LogP contribution in [0, 0.1) is 11.6 Å². The molecule has 0 atom stereocenters. The molecular weight excluding hydrogens is 272 g/mol. The highest BCUT2D eigenvalue weighted by atomic mass is 19.1. The summed E-state index contributed by atoms with van der Waals surface area (Å²) in [5, 5.41) is 4.38. The number of rotatable bonds is 2. The van der Waals surface area contributed by atoms with Crippen molar-refractivity contribution in [1.82, 2.24) is 9.78 Å². The number of nitrogens with two attached hydrogens (primary N) is 1. The number of halogens is 2. The molecule has 1 fully saturated rings. The fourth-order valence-corrected chi connectivity index (χ4v) is 3.03. The molecular formula is C16H19F2N3. The minimum atomic E-state index is -0.632. The van der Waals surface area contributed by atoms with Crippen molar-refractivity contribution in [3.8, 4) is 11.3 Å². The smallest absolute Gasteiger partial charge is 0.135 e. The summed E-state index contributed by atoms with van der Waals surface area (Å²) in [5.41, 5.74) is 6.33. The van der Waals surface area contributed by atoms with Gasteiger partial charge >= 0.3 is 0 Å². The van der Waals surface area contributed by atoms with E-state index in [1.807, 2.05) is 0 Å². The summed E-state index contributed by atoms with van der Waals surface area (Å²) in [4.78, 5) is 0. The lowest BCUT2D eigenvalue weighted by atomic mass is 10.1. The maximum Gasteiger partial charge on any atom is 0.135 e. The van der Waals surface area contributed by atoms with Gasteiger partial charge in [0.1, 0.15) is 17.3 Å². The summed E-state index contributed by atoms with van der Waals surface area (Å²) in [6.07, 6.45) is 8.59. The van der Waals surface area contributed by atoms with E-state index in [0.29, 0.717) is 5.69 Å². The van der Waals surface area contributed by atoms with Gasteiger partial charge in [0, 0.05) is 6.20 Å². The number of anilines is 1. The standard InChI is InChI=1S/C16H19F2N3/c17-12-8-5-9-13(18)15(12)16-14(19)10-21(20-16)11-6-3-1-2-4-7-11/h5,8-11H,1-4,6-7,19H2. The van der Waals surface area contributed by atoms with E-state index < -0.39 is 11.6 Å². The van der Waals surface area contributed by atoms with Gasteiger partial charge in [-0.1, -0.05) is 31.7 Å². The molecule has 1 aromatic carbocycles. The molecule has 2 N–H and O–H groups in total. The van der Waals surface area contributed by atoms with Gasteiger partial charge in [-0.15, -0.1) is 0 Å². The third-order valence-corrected chi connectivity index (χ3v) is 4.16. The zero-order valence-electron chi connectivity index (χ0n) is 11.9. The van der Waals surface area contributed by atoms with Crippen molar-refractivity contribution in [1.29, 1.82) is 0 Å². The first-order valence-corrected chi connectivity index (χ1v) is 7.46. The molecule has 0 aliphatic heterocycles. The Morgan fingerprint density at radius 3 is 2.29 bits per heavy atom. The molecule has 0 saturated heterocycles. The fraction of sp³-hybridized carbons (Fsp3) is 0.438. The summed E-state index contributed by atoms with van der Waals surface area (Å²) in [6.45, 7) is 0. The molecule has 1 aromatic heterocycles. The molecule has 3 rings (SSSR count). The molecule has 0 radical (unpaired) electrons. The quantitative estimate of drug-likeness (QED) is 0.838. The van der Waals surface area contributed by atoms with Crippen LogP contribution in [0.5, 0.6) is 0 Å². The summed E-state index contributed by atoms with van der Waals surface area (Å²) in [5.74, 6) is -1.26. The van der Waals surface area contributed by atoms with Gasteiger partial charge < -0.3 is 5.73 Å². The minimum absolute atomic E-state index is 0.137. The van der Waals surface area contributed by atoms with Crippen LogP contribution >= 0.6 is 0 Å². The number of aromatic nitrogens is 2. The molecule has 3 nitrogen and oxygen atoms in total. The zero-order valence-corrected chi connectivity index (χ0v) is 11.9. The molecule has 21 heavy (non-hydrogen) atoms. The maximum absolute atomic E-state index is 13.9. The zero-order chi connectivity index (χ0) is 14.8. The second-order valence-corrected chi connectivity index (χ2v) is 5.66. The van der Waals surface area contributed by atoms with Crippen molar-refractivity contribution in [2.45, 2.75) is 44.6 Å². The van der Waals surface area contributed by atoms with Crippen molar-refractivity contribution < 1.29 is 8.78 Å². The number of hydrogen-bond acceptors (Lipinski definition) is 2. The lowest BCUT2D eigenvalue weighted by Gasteiger charge is -2.14. The molecule has 0 amide bonds. The van der Waals surface area contributed by atoms with E-state index >= 15 is 0 Å². The third kappa shape index (κ3) is 2.77. The molecule has 0 bridgehead atoms. The van der Waals surface area contributed by atoms with Gasteiger partial charge in [0.15, 0.2) is 0 Å². The largest absolute Gasteiger partial charge is 0.396 e. The fourth-order valence-electron chi connectivity index (χ4n) is 3.03. The van der Waals surface area contributed by atoms with Crippen LogP contribution in [-0.4, -0.2) is 9.78 Å². The average molecular weight is 291 g/mol. The molecule has 112 valence electrons. The monoisotopic (exact) mass is 291 g/mol. The molecule has 2 aromatic rings. The summed E-state index contributed by atoms with van der Waals surface area (Å²) < 4.78 is 29.6. The minimum Gasteiger partial charge on any atom is -0.396 e. The lowest BCUT2D eigenvalue weighted by Crippen LogP contribution is -2.08. The first-order valence-electron chi connectivity index (χ1n) is 7.46. The van der Waals surface area contributed by atoms with Crippen LogP contribution in [0.15, 0.2) is 24.4 Å². The van der Waals surface area contributed by atoms with E-state index in [4.69, 9.17) is 5.73 Å². The van der Waals surface area contributed by atoms with E-state index in [1.165, 1.54) is 31.0 Å². The van der Waals surface area contributed by atoms with Gasteiger partial charge in [-0.25, -0.2) is 8.78 Å². The molecule has 1 aliphatic rings. The first-order chi connectivity index (χ1) is 10.2. The van der Waals surface area contributed by atoms with Crippen molar-refractivity contribution in [3.63, 3.8) is 0 Å². The van der Waals surface area contributed by atoms with Crippen LogP contribution in [-0.2, 0) is 0 Å². The van der Waals surface area contributed by atoms with Gasteiger partial charge in [0.05, 0.1) is 17.3 Å². The Hall–Kier alpha value is -1.91. The Balaban J connectivity index is 1.98. The first kappa shape index (κ1) is 14.0. The van der Waals surface area contributed by atoms with Crippen LogP contribution in [0.3, 0.4) is 0 Å². The molecule has 0 unspecified atom stereocenters. The highest BCUT2D eigenvalue weighted by molar-refractivity contribution is 5.72. The Bertz CT molecular complexity index is 608. The topological polar surface area (TPSA) is 43.8 Å². The van der Waals surface area contributed by atoms with Gasteiger partial charge in [0.25, 0.3) is 0 Å². The van der Waals surface area contributed by atoms with Crippen LogP contribution in [0.4, 0.5) is 14.5 Å². The third-order valence-electron chi connectivity index (χ3n) is 4.16. The maximum atomic E-state index is 13.9. The number of benzene rings is 1. The highest BCUT2D eigenvalue weighted by Gasteiger charge is 2.21. The molecule has 1 saturated carbocycles. The van der Waals surface area contributed by atoms with Crippen LogP contribution in [0.1, 0.15) is 44.6 Å². The second-order valence-electron chi connectivity index (χ2n) is 5.66. The number of hydrogen-bond donors (Lipinski definition) is 1. The Labute approximate surface area is 122 Å². The second kappa shape index (κ2) is 5.84. The average Bonchev–Trinajstić information content (AvgIpc) is 2.67. The SMILES string of the molecule is Nc1cn(C2CCCCCC2)nc1-c1c(F)cccc1F. The Morgan fingerprint density at radius 2 is 1.67 bits per heavy atom. The number of nitrogens with zero attached hydrogens (tertiary/aromatic N) is 2. The molecule has 5 heteroatoms.